The number of hydrogen-bond acceptors (Lipinski definition) is 7. The van der Waals surface area contributed by atoms with Crippen molar-refractivity contribution in [2.45, 2.75) is 24.4 Å². The van der Waals surface area contributed by atoms with Crippen molar-refractivity contribution in [2.75, 3.05) is 6.61 Å². The van der Waals surface area contributed by atoms with Crippen LogP contribution in [0.15, 0.2) is 15.8 Å². The van der Waals surface area contributed by atoms with Gasteiger partial charge in [0.15, 0.2) is 0 Å². The summed E-state index contributed by atoms with van der Waals surface area (Å²) in [7, 11) is -2.12. The average molecular weight is 352 g/mol. The molecule has 0 bridgehead atoms. The van der Waals surface area contributed by atoms with Gasteiger partial charge < -0.3 is 29.3 Å². The number of phosphoric ester groups is 1. The summed E-state index contributed by atoms with van der Waals surface area (Å²) in [5.41, 5.74) is -1.35. The first-order chi connectivity index (χ1) is 10.5. The molecule has 130 valence electrons. The Morgan fingerprint density at radius 3 is 2.43 bits per heavy atom. The Kier molecular flexibility index (Phi) is 4.92. The van der Waals surface area contributed by atoms with Crippen LogP contribution in [0.25, 0.3) is 0 Å². The van der Waals surface area contributed by atoms with Crippen LogP contribution in [-0.4, -0.2) is 54.1 Å². The van der Waals surface area contributed by atoms with Crippen LogP contribution in [0.5, 0.6) is 0 Å². The molecule has 1 unspecified atom stereocenters. The molecule has 1 saturated heterocycles. The minimum atomic E-state index is -4.77. The Morgan fingerprint density at radius 2 is 1.87 bits per heavy atom. The standard InChI is InChI=1S/C11H17N2O9P/c1-12-3-5(10(16)13(2)11(12)17)9-8(15)7(14)6(22-9)4-21-23(18,19)20/h3,6-9,14-15H,4H2,1-2H3,(H2,18,19,20)/t6?,7-,8-,9+/m1/s1. The normalized spacial score (nSPS) is 28.3. The molecule has 2 heterocycles. The minimum Gasteiger partial charge on any atom is -0.387 e. The van der Waals surface area contributed by atoms with E-state index in [9.17, 15) is 24.4 Å². The molecular formula is C11H17N2O9P. The Balaban J connectivity index is 2.30. The molecule has 2 rings (SSSR count). The topological polar surface area (TPSA) is 160 Å². The van der Waals surface area contributed by atoms with Gasteiger partial charge in [0.2, 0.25) is 0 Å². The number of nitrogens with zero attached hydrogens (tertiary/aromatic N) is 2. The van der Waals surface area contributed by atoms with E-state index in [0.29, 0.717) is 0 Å². The zero-order valence-electron chi connectivity index (χ0n) is 12.3. The number of aliphatic hydroxyl groups is 2. The quantitative estimate of drug-likeness (QED) is 0.424. The van der Waals surface area contributed by atoms with Gasteiger partial charge in [-0.2, -0.15) is 0 Å². The molecule has 0 spiro atoms. The Bertz CT molecular complexity index is 751. The van der Waals surface area contributed by atoms with Crippen LogP contribution in [0, 0.1) is 0 Å². The van der Waals surface area contributed by atoms with Crippen LogP contribution in [0.4, 0.5) is 0 Å². The second-order valence-corrected chi connectivity index (χ2v) is 6.44. The van der Waals surface area contributed by atoms with Gasteiger partial charge in [0.05, 0.1) is 12.2 Å². The summed E-state index contributed by atoms with van der Waals surface area (Å²) in [4.78, 5) is 41.1. The Morgan fingerprint density at radius 1 is 1.26 bits per heavy atom. The van der Waals surface area contributed by atoms with Crippen molar-refractivity contribution in [3.05, 3.63) is 32.6 Å². The summed E-state index contributed by atoms with van der Waals surface area (Å²) < 4.78 is 22.2. The highest BCUT2D eigenvalue weighted by atomic mass is 31.2. The van der Waals surface area contributed by atoms with Crippen LogP contribution in [-0.2, 0) is 27.9 Å². The Labute approximate surface area is 129 Å². The van der Waals surface area contributed by atoms with Crippen molar-refractivity contribution in [2.24, 2.45) is 14.1 Å². The summed E-state index contributed by atoms with van der Waals surface area (Å²) >= 11 is 0. The van der Waals surface area contributed by atoms with E-state index in [1.165, 1.54) is 20.3 Å². The number of ether oxygens (including phenoxy) is 1. The lowest BCUT2D eigenvalue weighted by molar-refractivity contribution is -0.0230. The average Bonchev–Trinajstić information content (AvgIpc) is 2.74. The van der Waals surface area contributed by atoms with Gasteiger partial charge in [0, 0.05) is 20.3 Å². The zero-order chi connectivity index (χ0) is 17.5. The zero-order valence-corrected chi connectivity index (χ0v) is 13.2. The van der Waals surface area contributed by atoms with E-state index in [-0.39, 0.29) is 5.56 Å². The maximum absolute atomic E-state index is 12.1. The third-order valence-electron chi connectivity index (χ3n) is 3.55. The molecule has 1 aliphatic rings. The molecule has 0 aliphatic carbocycles. The smallest absolute Gasteiger partial charge is 0.387 e. The first kappa shape index (κ1) is 18.0. The highest BCUT2D eigenvalue weighted by Crippen LogP contribution is 2.38. The fraction of sp³-hybridized carbons (Fsp3) is 0.636. The molecule has 23 heavy (non-hydrogen) atoms. The molecular weight excluding hydrogens is 335 g/mol. The van der Waals surface area contributed by atoms with Crippen molar-refractivity contribution in [1.29, 1.82) is 0 Å². The number of hydrogen-bond donors (Lipinski definition) is 4. The summed E-state index contributed by atoms with van der Waals surface area (Å²) in [5.74, 6) is 0. The van der Waals surface area contributed by atoms with Crippen LogP contribution in [0.3, 0.4) is 0 Å². The summed E-state index contributed by atoms with van der Waals surface area (Å²) in [6.07, 6.45) is -4.37. The summed E-state index contributed by atoms with van der Waals surface area (Å²) in [6, 6.07) is 0. The van der Waals surface area contributed by atoms with Crippen LogP contribution in [0.2, 0.25) is 0 Å². The third-order valence-corrected chi connectivity index (χ3v) is 4.03. The number of aromatic nitrogens is 2. The van der Waals surface area contributed by atoms with Crippen molar-refractivity contribution >= 4 is 7.82 Å². The van der Waals surface area contributed by atoms with E-state index in [1.54, 1.807) is 0 Å². The second-order valence-electron chi connectivity index (χ2n) is 5.20. The molecule has 0 radical (unpaired) electrons. The Hall–Kier alpha value is -1.33. The van der Waals surface area contributed by atoms with Crippen molar-refractivity contribution < 1.29 is 33.8 Å². The van der Waals surface area contributed by atoms with Crippen LogP contribution < -0.4 is 11.2 Å². The van der Waals surface area contributed by atoms with Crippen molar-refractivity contribution in [3.8, 4) is 0 Å². The lowest BCUT2D eigenvalue weighted by Crippen LogP contribution is -2.40. The maximum atomic E-state index is 12.1. The number of aliphatic hydroxyl groups excluding tert-OH is 2. The van der Waals surface area contributed by atoms with Gasteiger partial charge in [-0.3, -0.25) is 13.9 Å². The predicted octanol–water partition coefficient (Wildman–Crippen LogP) is -2.64. The van der Waals surface area contributed by atoms with E-state index in [4.69, 9.17) is 14.5 Å². The van der Waals surface area contributed by atoms with Crippen molar-refractivity contribution in [1.82, 2.24) is 9.13 Å². The van der Waals surface area contributed by atoms with Gasteiger partial charge >= 0.3 is 13.5 Å². The van der Waals surface area contributed by atoms with Gasteiger partial charge in [0.25, 0.3) is 5.56 Å². The lowest BCUT2D eigenvalue weighted by Gasteiger charge is -2.16. The molecule has 1 fully saturated rings. The van der Waals surface area contributed by atoms with E-state index in [2.05, 4.69) is 4.52 Å². The van der Waals surface area contributed by atoms with Crippen LogP contribution in [0.1, 0.15) is 11.7 Å². The molecule has 0 saturated carbocycles. The first-order valence-corrected chi connectivity index (χ1v) is 8.04. The van der Waals surface area contributed by atoms with E-state index in [0.717, 1.165) is 9.13 Å². The fourth-order valence-electron chi connectivity index (χ4n) is 2.35. The number of phosphoric acid groups is 1. The molecule has 11 nitrogen and oxygen atoms in total. The molecule has 0 amide bonds. The molecule has 12 heteroatoms. The summed E-state index contributed by atoms with van der Waals surface area (Å²) in [5, 5.41) is 19.9. The molecule has 1 aliphatic heterocycles. The number of aryl methyl sites for hydroxylation is 1. The van der Waals surface area contributed by atoms with Crippen LogP contribution >= 0.6 is 7.82 Å². The lowest BCUT2D eigenvalue weighted by atomic mass is 10.0. The van der Waals surface area contributed by atoms with Gasteiger partial charge in [-0.15, -0.1) is 0 Å². The van der Waals surface area contributed by atoms with E-state index < -0.39 is 50.1 Å². The highest BCUT2D eigenvalue weighted by molar-refractivity contribution is 7.46. The second kappa shape index (κ2) is 6.29. The predicted molar refractivity (Wildman–Crippen MR) is 74.5 cm³/mol. The monoisotopic (exact) mass is 352 g/mol. The van der Waals surface area contributed by atoms with Gasteiger partial charge in [-0.25, -0.2) is 9.36 Å². The molecule has 4 N–H and O–H groups in total. The summed E-state index contributed by atoms with van der Waals surface area (Å²) in [6.45, 7) is -0.676. The SMILES string of the molecule is Cn1cc([C@@H]2OC(COP(=O)(O)O)[C@@H](O)[C@H]2O)c(=O)n(C)c1=O. The highest BCUT2D eigenvalue weighted by Gasteiger charge is 2.45. The first-order valence-electron chi connectivity index (χ1n) is 6.51. The molecule has 1 aromatic heterocycles. The molecule has 4 atom stereocenters. The van der Waals surface area contributed by atoms with Gasteiger partial charge in [-0.05, 0) is 0 Å². The molecule has 1 aromatic rings. The number of rotatable bonds is 4. The molecule has 0 aromatic carbocycles. The third kappa shape index (κ3) is 3.61. The van der Waals surface area contributed by atoms with Gasteiger partial charge in [-0.1, -0.05) is 0 Å². The van der Waals surface area contributed by atoms with E-state index >= 15 is 0 Å². The largest absolute Gasteiger partial charge is 0.469 e. The fourth-order valence-corrected chi connectivity index (χ4v) is 2.69. The van der Waals surface area contributed by atoms with E-state index in [1.807, 2.05) is 0 Å². The minimum absolute atomic E-state index is 0.0696. The van der Waals surface area contributed by atoms with Crippen molar-refractivity contribution in [3.63, 3.8) is 0 Å². The van der Waals surface area contributed by atoms with Gasteiger partial charge in [0.1, 0.15) is 24.4 Å². The maximum Gasteiger partial charge on any atom is 0.469 e.